The number of ether oxygens (including phenoxy) is 1. The molecule has 0 saturated heterocycles. The molecule has 0 radical (unpaired) electrons. The van der Waals surface area contributed by atoms with Crippen LogP contribution in [0.3, 0.4) is 0 Å². The van der Waals surface area contributed by atoms with Gasteiger partial charge in [0.05, 0.1) is 19.0 Å². The van der Waals surface area contributed by atoms with Gasteiger partial charge in [-0.25, -0.2) is 0 Å². The van der Waals surface area contributed by atoms with Gasteiger partial charge in [0, 0.05) is 17.8 Å². The van der Waals surface area contributed by atoms with Gasteiger partial charge in [-0.2, -0.15) is 0 Å². The van der Waals surface area contributed by atoms with Gasteiger partial charge in [-0.1, -0.05) is 18.2 Å². The van der Waals surface area contributed by atoms with Crippen LogP contribution >= 0.6 is 11.3 Å². The molecule has 1 aromatic carbocycles. The molecule has 4 nitrogen and oxygen atoms in total. The van der Waals surface area contributed by atoms with E-state index in [1.165, 1.54) is 15.6 Å². The summed E-state index contributed by atoms with van der Waals surface area (Å²) in [5.41, 5.74) is 1.30. The van der Waals surface area contributed by atoms with Gasteiger partial charge in [0.25, 0.3) is 0 Å². The van der Waals surface area contributed by atoms with Crippen LogP contribution in [-0.2, 0) is 17.9 Å². The van der Waals surface area contributed by atoms with Gasteiger partial charge in [0.1, 0.15) is 12.4 Å². The molecule has 1 atom stereocenters. The minimum Gasteiger partial charge on any atom is -0.467 e. The predicted molar refractivity (Wildman–Crippen MR) is 92.5 cm³/mol. The minimum absolute atomic E-state index is 0.301. The molecule has 1 unspecified atom stereocenters. The van der Waals surface area contributed by atoms with E-state index in [0.29, 0.717) is 19.8 Å². The van der Waals surface area contributed by atoms with Gasteiger partial charge in [-0.3, -0.25) is 4.90 Å². The molecule has 2 heterocycles. The summed E-state index contributed by atoms with van der Waals surface area (Å²) < 4.78 is 12.0. The van der Waals surface area contributed by atoms with Crippen molar-refractivity contribution in [3.63, 3.8) is 0 Å². The Hall–Kier alpha value is -1.66. The molecule has 23 heavy (non-hydrogen) atoms. The lowest BCUT2D eigenvalue weighted by molar-refractivity contribution is 0.00774. The standard InChI is InChI=1S/C18H21NO3S/c1-19(9-14-13-23-18-7-3-2-6-17(14)18)10-15(20)11-21-12-16-5-4-8-22-16/h2-8,13,15,20H,9-12H2,1H3. The van der Waals surface area contributed by atoms with E-state index in [1.54, 1.807) is 17.6 Å². The molecule has 5 heteroatoms. The fraction of sp³-hybridized carbons (Fsp3) is 0.333. The fourth-order valence-corrected chi connectivity index (χ4v) is 3.57. The van der Waals surface area contributed by atoms with E-state index in [-0.39, 0.29) is 0 Å². The molecular weight excluding hydrogens is 310 g/mol. The van der Waals surface area contributed by atoms with Crippen molar-refractivity contribution in [2.45, 2.75) is 19.3 Å². The van der Waals surface area contributed by atoms with E-state index in [0.717, 1.165) is 12.3 Å². The van der Waals surface area contributed by atoms with Gasteiger partial charge in [-0.15, -0.1) is 11.3 Å². The number of likely N-dealkylation sites (N-methyl/N-ethyl adjacent to an activating group) is 1. The van der Waals surface area contributed by atoms with E-state index in [1.807, 2.05) is 19.2 Å². The second-order valence-corrected chi connectivity index (χ2v) is 6.61. The zero-order chi connectivity index (χ0) is 16.1. The summed E-state index contributed by atoms with van der Waals surface area (Å²) in [6.07, 6.45) is 1.11. The van der Waals surface area contributed by atoms with E-state index >= 15 is 0 Å². The number of nitrogens with zero attached hydrogens (tertiary/aromatic N) is 1. The number of aliphatic hydroxyl groups excluding tert-OH is 1. The summed E-state index contributed by atoms with van der Waals surface area (Å²) in [7, 11) is 2.02. The van der Waals surface area contributed by atoms with Crippen molar-refractivity contribution in [3.8, 4) is 0 Å². The van der Waals surface area contributed by atoms with Crippen LogP contribution in [0, 0.1) is 0 Å². The Kier molecular flexibility index (Phi) is 5.46. The molecule has 0 aliphatic rings. The van der Waals surface area contributed by atoms with Gasteiger partial charge in [-0.05, 0) is 41.6 Å². The summed E-state index contributed by atoms with van der Waals surface area (Å²) in [5.74, 6) is 0.773. The highest BCUT2D eigenvalue weighted by atomic mass is 32.1. The molecule has 0 spiro atoms. The second kappa shape index (κ2) is 7.75. The highest BCUT2D eigenvalue weighted by Gasteiger charge is 2.11. The van der Waals surface area contributed by atoms with E-state index in [2.05, 4.69) is 34.5 Å². The van der Waals surface area contributed by atoms with Crippen LogP contribution in [0.25, 0.3) is 10.1 Å². The van der Waals surface area contributed by atoms with E-state index in [4.69, 9.17) is 9.15 Å². The second-order valence-electron chi connectivity index (χ2n) is 5.70. The average Bonchev–Trinajstić information content (AvgIpc) is 3.18. The van der Waals surface area contributed by atoms with Crippen LogP contribution < -0.4 is 0 Å². The first-order chi connectivity index (χ1) is 11.2. The molecule has 0 saturated carbocycles. The molecule has 0 bridgehead atoms. The summed E-state index contributed by atoms with van der Waals surface area (Å²) in [4.78, 5) is 2.12. The Morgan fingerprint density at radius 3 is 2.96 bits per heavy atom. The summed E-state index contributed by atoms with van der Waals surface area (Å²) in [5, 5.41) is 13.6. The Bertz CT molecular complexity index is 723. The third-order valence-corrected chi connectivity index (χ3v) is 4.67. The van der Waals surface area contributed by atoms with Gasteiger partial charge >= 0.3 is 0 Å². The maximum absolute atomic E-state index is 10.1. The number of benzene rings is 1. The maximum Gasteiger partial charge on any atom is 0.129 e. The third-order valence-electron chi connectivity index (χ3n) is 3.66. The summed E-state index contributed by atoms with van der Waals surface area (Å²) in [6, 6.07) is 12.1. The minimum atomic E-state index is -0.514. The molecule has 122 valence electrons. The number of rotatable bonds is 8. The first-order valence-electron chi connectivity index (χ1n) is 7.64. The lowest BCUT2D eigenvalue weighted by Crippen LogP contribution is -2.31. The smallest absolute Gasteiger partial charge is 0.129 e. The third kappa shape index (κ3) is 4.42. The van der Waals surface area contributed by atoms with Gasteiger partial charge in [0.15, 0.2) is 0 Å². The Balaban J connectivity index is 1.45. The highest BCUT2D eigenvalue weighted by Crippen LogP contribution is 2.26. The number of fused-ring (bicyclic) bond motifs is 1. The van der Waals surface area contributed by atoms with Crippen LogP contribution in [0.1, 0.15) is 11.3 Å². The molecule has 1 N–H and O–H groups in total. The van der Waals surface area contributed by atoms with E-state index in [9.17, 15) is 5.11 Å². The van der Waals surface area contributed by atoms with Crippen LogP contribution in [0.2, 0.25) is 0 Å². The molecule has 0 aliphatic heterocycles. The van der Waals surface area contributed by atoms with Gasteiger partial charge in [0.2, 0.25) is 0 Å². The molecule has 3 aromatic rings. The maximum atomic E-state index is 10.1. The van der Waals surface area contributed by atoms with Crippen molar-refractivity contribution < 1.29 is 14.3 Å². The number of hydrogen-bond acceptors (Lipinski definition) is 5. The van der Waals surface area contributed by atoms with Crippen molar-refractivity contribution in [1.82, 2.24) is 4.90 Å². The van der Waals surface area contributed by atoms with Crippen LogP contribution in [-0.4, -0.2) is 36.3 Å². The first kappa shape index (κ1) is 16.2. The lowest BCUT2D eigenvalue weighted by atomic mass is 10.1. The molecule has 0 amide bonds. The number of hydrogen-bond donors (Lipinski definition) is 1. The molecule has 0 fully saturated rings. The highest BCUT2D eigenvalue weighted by molar-refractivity contribution is 7.17. The van der Waals surface area contributed by atoms with Crippen molar-refractivity contribution in [3.05, 3.63) is 59.4 Å². The Morgan fingerprint density at radius 1 is 1.26 bits per heavy atom. The van der Waals surface area contributed by atoms with Crippen molar-refractivity contribution in [2.24, 2.45) is 0 Å². The number of thiophene rings is 1. The average molecular weight is 331 g/mol. The molecule has 0 aliphatic carbocycles. The summed E-state index contributed by atoms with van der Waals surface area (Å²) in [6.45, 7) is 2.08. The Labute approximate surface area is 139 Å². The van der Waals surface area contributed by atoms with Crippen LogP contribution in [0.4, 0.5) is 0 Å². The SMILES string of the molecule is CN(Cc1csc2ccccc12)CC(O)COCc1ccco1. The molecular formula is C18H21NO3S. The summed E-state index contributed by atoms with van der Waals surface area (Å²) >= 11 is 1.76. The first-order valence-corrected chi connectivity index (χ1v) is 8.52. The fourth-order valence-electron chi connectivity index (χ4n) is 2.61. The molecule has 3 rings (SSSR count). The molecule has 2 aromatic heterocycles. The normalized spacial score (nSPS) is 13.0. The van der Waals surface area contributed by atoms with Crippen molar-refractivity contribution >= 4 is 21.4 Å². The zero-order valence-corrected chi connectivity index (χ0v) is 14.0. The lowest BCUT2D eigenvalue weighted by Gasteiger charge is -2.20. The largest absolute Gasteiger partial charge is 0.467 e. The van der Waals surface area contributed by atoms with Crippen LogP contribution in [0.5, 0.6) is 0 Å². The number of furan rings is 1. The quantitative estimate of drug-likeness (QED) is 0.686. The number of aliphatic hydroxyl groups is 1. The predicted octanol–water partition coefficient (Wildman–Crippen LogP) is 3.50. The Morgan fingerprint density at radius 2 is 2.13 bits per heavy atom. The van der Waals surface area contributed by atoms with Crippen LogP contribution in [0.15, 0.2) is 52.5 Å². The van der Waals surface area contributed by atoms with Gasteiger partial charge < -0.3 is 14.3 Å². The van der Waals surface area contributed by atoms with Crippen molar-refractivity contribution in [1.29, 1.82) is 0 Å². The van der Waals surface area contributed by atoms with Crippen molar-refractivity contribution in [2.75, 3.05) is 20.2 Å². The zero-order valence-electron chi connectivity index (χ0n) is 13.1. The monoisotopic (exact) mass is 331 g/mol. The topological polar surface area (TPSA) is 45.8 Å². The van der Waals surface area contributed by atoms with E-state index < -0.39 is 6.10 Å².